The summed E-state index contributed by atoms with van der Waals surface area (Å²) in [5, 5.41) is 1.02. The third-order valence-electron chi connectivity index (χ3n) is 5.45. The van der Waals surface area contributed by atoms with Gasteiger partial charge in [0.15, 0.2) is 5.16 Å². The molecule has 0 bridgehead atoms. The molecule has 7 heteroatoms. The normalized spacial score (nSPS) is 21.7. The number of ether oxygens (including phenoxy) is 1. The van der Waals surface area contributed by atoms with Crippen molar-refractivity contribution in [1.82, 2.24) is 9.55 Å². The lowest BCUT2D eigenvalue weighted by Crippen LogP contribution is -2.24. The molecule has 3 heterocycles. The van der Waals surface area contributed by atoms with Crippen molar-refractivity contribution in [3.8, 4) is 5.69 Å². The van der Waals surface area contributed by atoms with Crippen LogP contribution >= 0.6 is 23.1 Å². The number of rotatable bonds is 3. The van der Waals surface area contributed by atoms with Crippen molar-refractivity contribution in [2.45, 2.75) is 43.0 Å². The number of para-hydroxylation sites is 1. The highest BCUT2D eigenvalue weighted by atomic mass is 32.2. The summed E-state index contributed by atoms with van der Waals surface area (Å²) >= 11 is 2.98. The molecule has 2 atom stereocenters. The van der Waals surface area contributed by atoms with E-state index in [9.17, 15) is 9.59 Å². The van der Waals surface area contributed by atoms with Crippen LogP contribution in [-0.4, -0.2) is 27.4 Å². The molecule has 2 aromatic heterocycles. The van der Waals surface area contributed by atoms with Crippen LogP contribution < -0.4 is 5.56 Å². The molecule has 144 valence electrons. The Balaban J connectivity index is 1.73. The van der Waals surface area contributed by atoms with Crippen LogP contribution in [0.15, 0.2) is 40.3 Å². The molecular weight excluding hydrogens is 392 g/mol. The molecule has 2 aliphatic rings. The van der Waals surface area contributed by atoms with Crippen molar-refractivity contribution in [2.75, 3.05) is 6.61 Å². The van der Waals surface area contributed by atoms with E-state index in [1.54, 1.807) is 15.9 Å². The van der Waals surface area contributed by atoms with Crippen LogP contribution in [0, 0.1) is 5.92 Å². The fourth-order valence-corrected chi connectivity index (χ4v) is 6.47. The Morgan fingerprint density at radius 1 is 1.21 bits per heavy atom. The molecule has 1 aromatic carbocycles. The SMILES string of the molecule is C[C@H]1CCc2c(sc3nc(S[C@@H]4CCOC4=O)n(-c4ccccc4)c(=O)c23)C1. The number of aromatic nitrogens is 2. The van der Waals surface area contributed by atoms with Gasteiger partial charge in [0, 0.05) is 11.3 Å². The van der Waals surface area contributed by atoms with Gasteiger partial charge in [-0.2, -0.15) is 0 Å². The number of benzene rings is 1. The van der Waals surface area contributed by atoms with Crippen molar-refractivity contribution in [2.24, 2.45) is 5.92 Å². The maximum atomic E-state index is 13.6. The Labute approximate surface area is 170 Å². The van der Waals surface area contributed by atoms with E-state index < -0.39 is 0 Å². The molecule has 1 aliphatic carbocycles. The van der Waals surface area contributed by atoms with Crippen molar-refractivity contribution in [1.29, 1.82) is 0 Å². The number of hydrogen-bond donors (Lipinski definition) is 0. The topological polar surface area (TPSA) is 61.2 Å². The Morgan fingerprint density at radius 2 is 2.04 bits per heavy atom. The molecular formula is C21H20N2O3S2. The molecule has 0 unspecified atom stereocenters. The van der Waals surface area contributed by atoms with E-state index in [1.165, 1.54) is 22.2 Å². The van der Waals surface area contributed by atoms with E-state index >= 15 is 0 Å². The van der Waals surface area contributed by atoms with Gasteiger partial charge in [-0.15, -0.1) is 11.3 Å². The summed E-state index contributed by atoms with van der Waals surface area (Å²) in [4.78, 5) is 32.6. The standard InChI is InChI=1S/C21H20N2O3S2/c1-12-7-8-14-16(11-12)27-18-17(14)19(24)23(13-5-3-2-4-6-13)21(22-18)28-15-9-10-26-20(15)25/h2-6,12,15H,7-11H2,1H3/t12-,15+/m0/s1. The molecule has 0 amide bonds. The van der Waals surface area contributed by atoms with E-state index in [1.807, 2.05) is 30.3 Å². The van der Waals surface area contributed by atoms with Gasteiger partial charge < -0.3 is 4.74 Å². The fraction of sp³-hybridized carbons (Fsp3) is 0.381. The second-order valence-corrected chi connectivity index (χ2v) is 9.72. The first kappa shape index (κ1) is 17.9. The Morgan fingerprint density at radius 3 is 2.79 bits per heavy atom. The molecule has 0 spiro atoms. The molecule has 1 aliphatic heterocycles. The number of carbonyl (C=O) groups excluding carboxylic acids is 1. The highest BCUT2D eigenvalue weighted by Crippen LogP contribution is 2.38. The Hall–Kier alpha value is -2.12. The summed E-state index contributed by atoms with van der Waals surface area (Å²) < 4.78 is 6.78. The fourth-order valence-electron chi connectivity index (χ4n) is 3.97. The van der Waals surface area contributed by atoms with Gasteiger partial charge in [0.05, 0.1) is 17.7 Å². The Bertz CT molecular complexity index is 1120. The van der Waals surface area contributed by atoms with E-state index in [2.05, 4.69) is 6.92 Å². The molecule has 0 saturated carbocycles. The van der Waals surface area contributed by atoms with Crippen LogP contribution in [0.5, 0.6) is 0 Å². The van der Waals surface area contributed by atoms with Gasteiger partial charge in [0.2, 0.25) is 0 Å². The van der Waals surface area contributed by atoms with Gasteiger partial charge in [-0.3, -0.25) is 14.2 Å². The summed E-state index contributed by atoms with van der Waals surface area (Å²) in [7, 11) is 0. The van der Waals surface area contributed by atoms with Gasteiger partial charge in [0.25, 0.3) is 5.56 Å². The summed E-state index contributed by atoms with van der Waals surface area (Å²) in [6.07, 6.45) is 3.70. The predicted molar refractivity (Wildman–Crippen MR) is 112 cm³/mol. The van der Waals surface area contributed by atoms with Gasteiger partial charge in [-0.05, 0) is 42.9 Å². The van der Waals surface area contributed by atoms with Crippen molar-refractivity contribution >= 4 is 39.3 Å². The number of esters is 1. The molecule has 0 radical (unpaired) electrons. The van der Waals surface area contributed by atoms with E-state index in [4.69, 9.17) is 9.72 Å². The lowest BCUT2D eigenvalue weighted by atomic mass is 9.89. The highest BCUT2D eigenvalue weighted by molar-refractivity contribution is 8.00. The number of thiophene rings is 1. The lowest BCUT2D eigenvalue weighted by Gasteiger charge is -2.18. The van der Waals surface area contributed by atoms with Gasteiger partial charge in [0.1, 0.15) is 10.1 Å². The monoisotopic (exact) mass is 412 g/mol. The minimum absolute atomic E-state index is 0.0304. The van der Waals surface area contributed by atoms with Crippen LogP contribution in [0.3, 0.4) is 0 Å². The zero-order valence-electron chi connectivity index (χ0n) is 15.5. The molecule has 28 heavy (non-hydrogen) atoms. The van der Waals surface area contributed by atoms with Crippen LogP contribution in [0.4, 0.5) is 0 Å². The summed E-state index contributed by atoms with van der Waals surface area (Å²) in [5.41, 5.74) is 1.93. The first-order valence-electron chi connectivity index (χ1n) is 9.58. The summed E-state index contributed by atoms with van der Waals surface area (Å²) in [6.45, 7) is 2.69. The van der Waals surface area contributed by atoms with E-state index in [0.717, 1.165) is 35.2 Å². The average molecular weight is 413 g/mol. The molecule has 1 saturated heterocycles. The minimum Gasteiger partial charge on any atom is -0.465 e. The minimum atomic E-state index is -0.311. The smallest absolute Gasteiger partial charge is 0.319 e. The molecule has 0 N–H and O–H groups in total. The quantitative estimate of drug-likeness (QED) is 0.481. The molecule has 1 fully saturated rings. The second kappa shape index (κ2) is 7.04. The van der Waals surface area contributed by atoms with Crippen LogP contribution in [-0.2, 0) is 22.4 Å². The van der Waals surface area contributed by atoms with Crippen molar-refractivity contribution in [3.63, 3.8) is 0 Å². The van der Waals surface area contributed by atoms with Gasteiger partial charge in [-0.1, -0.05) is 36.9 Å². The number of cyclic esters (lactones) is 1. The largest absolute Gasteiger partial charge is 0.465 e. The summed E-state index contributed by atoms with van der Waals surface area (Å²) in [6, 6.07) is 9.57. The molecule has 5 rings (SSSR count). The maximum Gasteiger partial charge on any atom is 0.319 e. The van der Waals surface area contributed by atoms with Crippen molar-refractivity contribution < 1.29 is 9.53 Å². The van der Waals surface area contributed by atoms with Crippen LogP contribution in [0.2, 0.25) is 0 Å². The number of aryl methyl sites for hydroxylation is 1. The third-order valence-corrected chi connectivity index (χ3v) is 7.79. The van der Waals surface area contributed by atoms with Crippen LogP contribution in [0.25, 0.3) is 15.9 Å². The van der Waals surface area contributed by atoms with E-state index in [0.29, 0.717) is 24.1 Å². The maximum absolute atomic E-state index is 13.6. The predicted octanol–water partition coefficient (Wildman–Crippen LogP) is 3.98. The number of thioether (sulfide) groups is 1. The first-order chi connectivity index (χ1) is 13.6. The molecule has 5 nitrogen and oxygen atoms in total. The lowest BCUT2D eigenvalue weighted by molar-refractivity contribution is -0.137. The zero-order chi connectivity index (χ0) is 19.3. The third kappa shape index (κ3) is 2.97. The van der Waals surface area contributed by atoms with Crippen LogP contribution in [0.1, 0.15) is 30.2 Å². The van der Waals surface area contributed by atoms with Crippen molar-refractivity contribution in [3.05, 3.63) is 51.1 Å². The number of nitrogens with zero attached hydrogens (tertiary/aromatic N) is 2. The highest BCUT2D eigenvalue weighted by Gasteiger charge is 2.31. The summed E-state index contributed by atoms with van der Waals surface area (Å²) in [5.74, 6) is 0.414. The zero-order valence-corrected chi connectivity index (χ0v) is 17.1. The number of carbonyl (C=O) groups is 1. The second-order valence-electron chi connectivity index (χ2n) is 7.47. The first-order valence-corrected chi connectivity index (χ1v) is 11.3. The number of fused-ring (bicyclic) bond motifs is 3. The molecule has 3 aromatic rings. The number of hydrogen-bond acceptors (Lipinski definition) is 6. The van der Waals surface area contributed by atoms with Gasteiger partial charge >= 0.3 is 5.97 Å². The van der Waals surface area contributed by atoms with Gasteiger partial charge in [-0.25, -0.2) is 4.98 Å². The average Bonchev–Trinajstić information content (AvgIpc) is 3.25. The Kier molecular flexibility index (Phi) is 4.51. The van der Waals surface area contributed by atoms with E-state index in [-0.39, 0.29) is 16.8 Å².